The summed E-state index contributed by atoms with van der Waals surface area (Å²) in [6, 6.07) is 5.24. The van der Waals surface area contributed by atoms with Crippen LogP contribution < -0.4 is 5.32 Å². The van der Waals surface area contributed by atoms with Crippen molar-refractivity contribution >= 4 is 0 Å². The number of fused-ring (bicyclic) bond motifs is 3. The standard InChI is InChI=1S/C11H16N2/c1-3-9-10(12-6-1)5-8-13-7-2-4-11(9)13/h2,4,7,9-10,12H,1,3,5-6,8H2. The molecular weight excluding hydrogens is 160 g/mol. The number of rotatable bonds is 0. The maximum absolute atomic E-state index is 3.64. The Bertz CT molecular complexity index is 303. The topological polar surface area (TPSA) is 17.0 Å². The van der Waals surface area contributed by atoms with E-state index in [1.165, 1.54) is 32.4 Å². The van der Waals surface area contributed by atoms with E-state index in [2.05, 4.69) is 28.2 Å². The van der Waals surface area contributed by atoms with Crippen LogP contribution in [0.3, 0.4) is 0 Å². The molecule has 1 N–H and O–H groups in total. The second-order valence-electron chi connectivity index (χ2n) is 4.22. The Morgan fingerprint density at radius 3 is 3.38 bits per heavy atom. The zero-order valence-corrected chi connectivity index (χ0v) is 7.87. The summed E-state index contributed by atoms with van der Waals surface area (Å²) in [5.41, 5.74) is 1.56. The Morgan fingerprint density at radius 2 is 2.38 bits per heavy atom. The van der Waals surface area contributed by atoms with Crippen LogP contribution in [0.5, 0.6) is 0 Å². The van der Waals surface area contributed by atoms with Gasteiger partial charge in [0.15, 0.2) is 0 Å². The second-order valence-corrected chi connectivity index (χ2v) is 4.22. The molecule has 70 valence electrons. The van der Waals surface area contributed by atoms with Crippen molar-refractivity contribution < 1.29 is 0 Å². The minimum atomic E-state index is 0.760. The molecule has 2 nitrogen and oxygen atoms in total. The first-order valence-corrected chi connectivity index (χ1v) is 5.33. The summed E-state index contributed by atoms with van der Waals surface area (Å²) in [6.07, 6.45) is 6.25. The van der Waals surface area contributed by atoms with Crippen LogP contribution in [0.2, 0.25) is 0 Å². The molecule has 3 rings (SSSR count). The SMILES string of the molecule is c1cc2n(c1)CCC1NCCCC21. The lowest BCUT2D eigenvalue weighted by atomic mass is 9.84. The normalized spacial score (nSPS) is 32.3. The predicted octanol–water partition coefficient (Wildman–Crippen LogP) is 1.73. The Labute approximate surface area is 78.9 Å². The van der Waals surface area contributed by atoms with Crippen molar-refractivity contribution in [2.24, 2.45) is 0 Å². The minimum absolute atomic E-state index is 0.760. The fourth-order valence-electron chi connectivity index (χ4n) is 2.86. The smallest absolute Gasteiger partial charge is 0.0237 e. The van der Waals surface area contributed by atoms with Gasteiger partial charge in [-0.3, -0.25) is 0 Å². The Hall–Kier alpha value is -0.760. The van der Waals surface area contributed by atoms with E-state index in [-0.39, 0.29) is 0 Å². The van der Waals surface area contributed by atoms with Gasteiger partial charge in [0, 0.05) is 30.4 Å². The molecule has 1 aromatic rings. The van der Waals surface area contributed by atoms with E-state index in [4.69, 9.17) is 0 Å². The molecule has 0 aliphatic carbocycles. The highest BCUT2D eigenvalue weighted by molar-refractivity contribution is 5.18. The minimum Gasteiger partial charge on any atom is -0.351 e. The van der Waals surface area contributed by atoms with Crippen molar-refractivity contribution in [1.82, 2.24) is 9.88 Å². The molecule has 2 aliphatic rings. The van der Waals surface area contributed by atoms with Crippen molar-refractivity contribution in [3.05, 3.63) is 24.0 Å². The van der Waals surface area contributed by atoms with Gasteiger partial charge in [-0.25, -0.2) is 0 Å². The van der Waals surface area contributed by atoms with Gasteiger partial charge in [-0.15, -0.1) is 0 Å². The van der Waals surface area contributed by atoms with Gasteiger partial charge in [0.1, 0.15) is 0 Å². The molecule has 3 heterocycles. The van der Waals surface area contributed by atoms with Crippen molar-refractivity contribution in [2.75, 3.05) is 6.54 Å². The quantitative estimate of drug-likeness (QED) is 0.637. The van der Waals surface area contributed by atoms with Crippen LogP contribution in [0.1, 0.15) is 30.9 Å². The fraction of sp³-hybridized carbons (Fsp3) is 0.636. The van der Waals surface area contributed by atoms with Crippen molar-refractivity contribution in [3.63, 3.8) is 0 Å². The monoisotopic (exact) mass is 176 g/mol. The van der Waals surface area contributed by atoms with Gasteiger partial charge < -0.3 is 9.88 Å². The molecule has 0 spiro atoms. The molecule has 1 aromatic heterocycles. The number of hydrogen-bond donors (Lipinski definition) is 1. The van der Waals surface area contributed by atoms with Crippen LogP contribution in [-0.4, -0.2) is 17.2 Å². The van der Waals surface area contributed by atoms with Crippen LogP contribution >= 0.6 is 0 Å². The van der Waals surface area contributed by atoms with Crippen LogP contribution in [0.4, 0.5) is 0 Å². The summed E-state index contributed by atoms with van der Waals surface area (Å²) in [7, 11) is 0. The molecular formula is C11H16N2. The maximum atomic E-state index is 3.64. The summed E-state index contributed by atoms with van der Waals surface area (Å²) < 4.78 is 2.42. The van der Waals surface area contributed by atoms with Crippen LogP contribution in [0.15, 0.2) is 18.3 Å². The Balaban J connectivity index is 1.97. The zero-order chi connectivity index (χ0) is 8.67. The predicted molar refractivity (Wildman–Crippen MR) is 52.8 cm³/mol. The number of aromatic nitrogens is 1. The van der Waals surface area contributed by atoms with Gasteiger partial charge in [0.2, 0.25) is 0 Å². The molecule has 0 aromatic carbocycles. The summed E-state index contributed by atoms with van der Waals surface area (Å²) in [6.45, 7) is 2.43. The van der Waals surface area contributed by atoms with Crippen molar-refractivity contribution in [3.8, 4) is 0 Å². The Kier molecular flexibility index (Phi) is 1.69. The summed E-state index contributed by atoms with van der Waals surface area (Å²) in [5, 5.41) is 3.64. The number of hydrogen-bond acceptors (Lipinski definition) is 1. The maximum Gasteiger partial charge on any atom is 0.0237 e. The fourth-order valence-corrected chi connectivity index (χ4v) is 2.86. The molecule has 1 saturated heterocycles. The van der Waals surface area contributed by atoms with E-state index in [9.17, 15) is 0 Å². The molecule has 13 heavy (non-hydrogen) atoms. The number of nitrogens with one attached hydrogen (secondary N) is 1. The number of piperidine rings is 1. The first-order chi connectivity index (χ1) is 6.45. The van der Waals surface area contributed by atoms with Crippen molar-refractivity contribution in [2.45, 2.75) is 37.8 Å². The lowest BCUT2D eigenvalue weighted by Gasteiger charge is -2.37. The molecule has 2 atom stereocenters. The van der Waals surface area contributed by atoms with Gasteiger partial charge in [-0.05, 0) is 37.9 Å². The van der Waals surface area contributed by atoms with Crippen LogP contribution in [0, 0.1) is 0 Å². The van der Waals surface area contributed by atoms with Crippen molar-refractivity contribution in [1.29, 1.82) is 0 Å². The molecule has 0 bridgehead atoms. The lowest BCUT2D eigenvalue weighted by molar-refractivity contribution is 0.283. The van der Waals surface area contributed by atoms with E-state index < -0.39 is 0 Å². The average molecular weight is 176 g/mol. The molecule has 0 amide bonds. The summed E-state index contributed by atoms with van der Waals surface area (Å²) >= 11 is 0. The largest absolute Gasteiger partial charge is 0.351 e. The number of aryl methyl sites for hydroxylation is 1. The van der Waals surface area contributed by atoms with Gasteiger partial charge in [0.25, 0.3) is 0 Å². The first kappa shape index (κ1) is 7.63. The van der Waals surface area contributed by atoms with Gasteiger partial charge in [0.05, 0.1) is 0 Å². The van der Waals surface area contributed by atoms with E-state index in [1.54, 1.807) is 5.69 Å². The van der Waals surface area contributed by atoms with E-state index >= 15 is 0 Å². The van der Waals surface area contributed by atoms with E-state index in [0.717, 1.165) is 12.0 Å². The summed E-state index contributed by atoms with van der Waals surface area (Å²) in [5.74, 6) is 0.789. The third kappa shape index (κ3) is 1.12. The van der Waals surface area contributed by atoms with Gasteiger partial charge in [-0.1, -0.05) is 0 Å². The third-order valence-electron chi connectivity index (χ3n) is 3.51. The summed E-state index contributed by atoms with van der Waals surface area (Å²) in [4.78, 5) is 0. The van der Waals surface area contributed by atoms with Gasteiger partial charge in [-0.2, -0.15) is 0 Å². The second kappa shape index (κ2) is 2.88. The zero-order valence-electron chi connectivity index (χ0n) is 7.87. The van der Waals surface area contributed by atoms with Crippen LogP contribution in [-0.2, 0) is 6.54 Å². The van der Waals surface area contributed by atoms with E-state index in [1.807, 2.05) is 0 Å². The molecule has 2 unspecified atom stereocenters. The third-order valence-corrected chi connectivity index (χ3v) is 3.51. The first-order valence-electron chi connectivity index (χ1n) is 5.33. The molecule has 2 aliphatic heterocycles. The van der Waals surface area contributed by atoms with Crippen LogP contribution in [0.25, 0.3) is 0 Å². The highest BCUT2D eigenvalue weighted by atomic mass is 15.0. The average Bonchev–Trinajstić information content (AvgIpc) is 2.65. The highest BCUT2D eigenvalue weighted by Crippen LogP contribution is 2.33. The number of nitrogens with zero attached hydrogens (tertiary/aromatic N) is 1. The van der Waals surface area contributed by atoms with E-state index in [0.29, 0.717) is 0 Å². The Morgan fingerprint density at radius 1 is 1.38 bits per heavy atom. The van der Waals surface area contributed by atoms with Gasteiger partial charge >= 0.3 is 0 Å². The molecule has 0 radical (unpaired) electrons. The molecule has 2 heteroatoms. The highest BCUT2D eigenvalue weighted by Gasteiger charge is 2.30. The molecule has 0 saturated carbocycles. The molecule has 1 fully saturated rings. The lowest BCUT2D eigenvalue weighted by Crippen LogP contribution is -2.43.